The zero-order valence-electron chi connectivity index (χ0n) is 9.43. The van der Waals surface area contributed by atoms with Crippen molar-refractivity contribution < 1.29 is 19.4 Å². The first-order chi connectivity index (χ1) is 8.56. The van der Waals surface area contributed by atoms with Crippen LogP contribution in [-0.4, -0.2) is 29.2 Å². The van der Waals surface area contributed by atoms with E-state index in [0.717, 1.165) is 3.57 Å². The molecule has 18 heavy (non-hydrogen) atoms. The number of carboxylic acids is 1. The second-order valence-corrected chi connectivity index (χ2v) is 5.27. The van der Waals surface area contributed by atoms with Crippen LogP contribution in [0.15, 0.2) is 24.3 Å². The maximum Gasteiger partial charge on any atom is 0.332 e. The maximum absolute atomic E-state index is 11.8. The summed E-state index contributed by atoms with van der Waals surface area (Å²) < 4.78 is 6.24. The molecular formula is C12H12INO4. The average molecular weight is 361 g/mol. The molecule has 0 bridgehead atoms. The first kappa shape index (κ1) is 13.3. The lowest BCUT2D eigenvalue weighted by Crippen LogP contribution is -2.29. The Kier molecular flexibility index (Phi) is 4.18. The third-order valence-corrected chi connectivity index (χ3v) is 3.42. The molecule has 5 nitrogen and oxygen atoms in total. The van der Waals surface area contributed by atoms with Crippen molar-refractivity contribution in [1.29, 1.82) is 0 Å². The molecule has 2 rings (SSSR count). The molecule has 96 valence electrons. The van der Waals surface area contributed by atoms with Crippen LogP contribution in [0.3, 0.4) is 0 Å². The van der Waals surface area contributed by atoms with Gasteiger partial charge in [0.2, 0.25) is 0 Å². The van der Waals surface area contributed by atoms with Gasteiger partial charge in [-0.2, -0.15) is 0 Å². The first-order valence-electron chi connectivity index (χ1n) is 5.51. The fourth-order valence-electron chi connectivity index (χ4n) is 1.77. The van der Waals surface area contributed by atoms with E-state index in [2.05, 4.69) is 27.9 Å². The lowest BCUT2D eigenvalue weighted by atomic mass is 10.2. The van der Waals surface area contributed by atoms with Crippen molar-refractivity contribution in [3.05, 3.63) is 27.8 Å². The number of amides is 1. The van der Waals surface area contributed by atoms with Gasteiger partial charge in [-0.25, -0.2) is 4.79 Å². The minimum absolute atomic E-state index is 0.292. The highest BCUT2D eigenvalue weighted by Crippen LogP contribution is 2.21. The van der Waals surface area contributed by atoms with E-state index >= 15 is 0 Å². The summed E-state index contributed by atoms with van der Waals surface area (Å²) in [4.78, 5) is 22.5. The van der Waals surface area contributed by atoms with Crippen LogP contribution in [0.4, 0.5) is 5.69 Å². The summed E-state index contributed by atoms with van der Waals surface area (Å²) in [5.74, 6) is -1.31. The van der Waals surface area contributed by atoms with E-state index < -0.39 is 18.2 Å². The Morgan fingerprint density at radius 3 is 2.39 bits per heavy atom. The van der Waals surface area contributed by atoms with Crippen molar-refractivity contribution in [3.63, 3.8) is 0 Å². The smallest absolute Gasteiger partial charge is 0.332 e. The number of hydrogen-bond acceptors (Lipinski definition) is 3. The van der Waals surface area contributed by atoms with Gasteiger partial charge in [0.1, 0.15) is 6.10 Å². The lowest BCUT2D eigenvalue weighted by molar-refractivity contribution is -0.150. The van der Waals surface area contributed by atoms with Crippen LogP contribution in [0, 0.1) is 3.57 Å². The molecule has 1 aromatic rings. The molecule has 1 saturated heterocycles. The molecule has 0 spiro atoms. The number of halogens is 1. The predicted molar refractivity (Wildman–Crippen MR) is 73.3 cm³/mol. The number of rotatable bonds is 3. The lowest BCUT2D eigenvalue weighted by Gasteiger charge is -2.11. The van der Waals surface area contributed by atoms with E-state index in [4.69, 9.17) is 9.84 Å². The van der Waals surface area contributed by atoms with Crippen molar-refractivity contribution in [1.82, 2.24) is 0 Å². The summed E-state index contributed by atoms with van der Waals surface area (Å²) >= 11 is 2.18. The van der Waals surface area contributed by atoms with Gasteiger partial charge in [0.05, 0.1) is 0 Å². The molecular weight excluding hydrogens is 349 g/mol. The number of ether oxygens (including phenoxy) is 1. The van der Waals surface area contributed by atoms with E-state index in [9.17, 15) is 9.59 Å². The molecule has 1 amide bonds. The highest BCUT2D eigenvalue weighted by atomic mass is 127. The number of anilines is 1. The van der Waals surface area contributed by atoms with Gasteiger partial charge in [0.25, 0.3) is 5.91 Å². The number of carbonyl (C=O) groups excluding carboxylic acids is 1. The number of aliphatic carboxylic acids is 1. The molecule has 1 aromatic carbocycles. The quantitative estimate of drug-likeness (QED) is 0.806. The highest BCUT2D eigenvalue weighted by molar-refractivity contribution is 14.1. The van der Waals surface area contributed by atoms with Crippen LogP contribution < -0.4 is 5.32 Å². The van der Waals surface area contributed by atoms with Gasteiger partial charge < -0.3 is 15.2 Å². The van der Waals surface area contributed by atoms with Gasteiger partial charge >= 0.3 is 5.97 Å². The summed E-state index contributed by atoms with van der Waals surface area (Å²) in [6.07, 6.45) is -0.726. The fourth-order valence-corrected chi connectivity index (χ4v) is 2.13. The first-order valence-corrected chi connectivity index (χ1v) is 6.59. The highest BCUT2D eigenvalue weighted by Gasteiger charge is 2.34. The fraction of sp³-hybridized carbons (Fsp3) is 0.333. The van der Waals surface area contributed by atoms with Gasteiger partial charge in [0.15, 0.2) is 6.10 Å². The van der Waals surface area contributed by atoms with Crippen molar-refractivity contribution in [2.24, 2.45) is 0 Å². The Morgan fingerprint density at radius 2 is 1.83 bits per heavy atom. The monoisotopic (exact) mass is 361 g/mol. The number of benzene rings is 1. The number of carboxylic acid groups (broad SMARTS) is 1. The Morgan fingerprint density at radius 1 is 1.22 bits per heavy atom. The summed E-state index contributed by atoms with van der Waals surface area (Å²) in [5, 5.41) is 11.5. The van der Waals surface area contributed by atoms with Gasteiger partial charge in [-0.1, -0.05) is 0 Å². The third kappa shape index (κ3) is 3.20. The molecule has 2 atom stereocenters. The van der Waals surface area contributed by atoms with E-state index in [-0.39, 0.29) is 5.91 Å². The number of nitrogens with one attached hydrogen (secondary N) is 1. The van der Waals surface area contributed by atoms with Crippen LogP contribution in [0.2, 0.25) is 0 Å². The molecule has 6 heteroatoms. The minimum atomic E-state index is -1.01. The van der Waals surface area contributed by atoms with Crippen molar-refractivity contribution in [3.8, 4) is 0 Å². The molecule has 1 aliphatic rings. The molecule has 0 saturated carbocycles. The van der Waals surface area contributed by atoms with E-state index in [1.165, 1.54) is 0 Å². The third-order valence-electron chi connectivity index (χ3n) is 2.70. The van der Waals surface area contributed by atoms with E-state index in [1.807, 2.05) is 12.1 Å². The molecule has 0 radical (unpaired) electrons. The summed E-state index contributed by atoms with van der Waals surface area (Å²) in [6.45, 7) is 0. The van der Waals surface area contributed by atoms with Crippen LogP contribution >= 0.6 is 22.6 Å². The molecule has 2 unspecified atom stereocenters. The van der Waals surface area contributed by atoms with Crippen LogP contribution in [-0.2, 0) is 14.3 Å². The summed E-state index contributed by atoms with van der Waals surface area (Å²) in [5.41, 5.74) is 0.683. The van der Waals surface area contributed by atoms with Crippen LogP contribution in [0.25, 0.3) is 0 Å². The second-order valence-electron chi connectivity index (χ2n) is 4.03. The maximum atomic E-state index is 11.8. The van der Waals surface area contributed by atoms with Crippen molar-refractivity contribution in [2.75, 3.05) is 5.32 Å². The molecule has 1 heterocycles. The van der Waals surface area contributed by atoms with E-state index in [0.29, 0.717) is 18.5 Å². The largest absolute Gasteiger partial charge is 0.479 e. The standard InChI is InChI=1S/C12H12INO4/c13-7-1-3-8(4-2-7)14-11(15)9-5-6-10(18-9)12(16)17/h1-4,9-10H,5-6H2,(H,14,15)(H,16,17). The Hall–Kier alpha value is -1.15. The van der Waals surface area contributed by atoms with Gasteiger partial charge in [-0.05, 0) is 59.7 Å². The average Bonchev–Trinajstić information content (AvgIpc) is 2.81. The van der Waals surface area contributed by atoms with Crippen molar-refractivity contribution in [2.45, 2.75) is 25.0 Å². The molecule has 1 aliphatic heterocycles. The molecule has 1 fully saturated rings. The van der Waals surface area contributed by atoms with Gasteiger partial charge in [-0.3, -0.25) is 4.79 Å². The van der Waals surface area contributed by atoms with Crippen LogP contribution in [0.5, 0.6) is 0 Å². The number of carbonyl (C=O) groups is 2. The zero-order chi connectivity index (χ0) is 13.1. The SMILES string of the molecule is O=C(O)C1CCC(C(=O)Nc2ccc(I)cc2)O1. The zero-order valence-corrected chi connectivity index (χ0v) is 11.6. The topological polar surface area (TPSA) is 75.6 Å². The Labute approximate surface area is 118 Å². The predicted octanol–water partition coefficient (Wildman–Crippen LogP) is 1.86. The number of hydrogen-bond donors (Lipinski definition) is 2. The normalized spacial score (nSPS) is 22.7. The Bertz CT molecular complexity index is 460. The molecule has 0 aromatic heterocycles. The molecule has 0 aliphatic carbocycles. The minimum Gasteiger partial charge on any atom is -0.479 e. The second kappa shape index (κ2) is 5.66. The van der Waals surface area contributed by atoms with Gasteiger partial charge in [0, 0.05) is 9.26 Å². The Balaban J connectivity index is 1.93. The van der Waals surface area contributed by atoms with E-state index in [1.54, 1.807) is 12.1 Å². The molecule has 2 N–H and O–H groups in total. The summed E-state index contributed by atoms with van der Waals surface area (Å²) in [7, 11) is 0. The van der Waals surface area contributed by atoms with Crippen molar-refractivity contribution >= 4 is 40.2 Å². The summed E-state index contributed by atoms with van der Waals surface area (Å²) in [6, 6.07) is 7.35. The van der Waals surface area contributed by atoms with Crippen LogP contribution in [0.1, 0.15) is 12.8 Å². The van der Waals surface area contributed by atoms with Gasteiger partial charge in [-0.15, -0.1) is 0 Å².